The van der Waals surface area contributed by atoms with Crippen LogP contribution in [-0.4, -0.2) is 15.9 Å². The molecule has 2 heterocycles. The molecule has 3 aromatic rings. The molecule has 0 atom stereocenters. The highest BCUT2D eigenvalue weighted by atomic mass is 35.5. The zero-order valence-corrected chi connectivity index (χ0v) is 15.5. The number of esters is 1. The van der Waals surface area contributed by atoms with Gasteiger partial charge in [-0.3, -0.25) is 4.79 Å². The summed E-state index contributed by atoms with van der Waals surface area (Å²) in [6, 6.07) is 1.38. The standard InChI is InChI=1S/C18H13ClF2N2O3S/c19-10-6-12(21)11(20)5-9(10)18(25)26-7-14-22-16(24)15-8-3-1-2-4-13(8)27-17(15)23-14/h5-6H,1-4,7H2,(H,22,23,24). The fourth-order valence-corrected chi connectivity index (χ4v) is 4.68. The number of hydrogen-bond acceptors (Lipinski definition) is 5. The molecule has 1 aliphatic carbocycles. The Morgan fingerprint density at radius 3 is 2.81 bits per heavy atom. The highest BCUT2D eigenvalue weighted by Gasteiger charge is 2.21. The van der Waals surface area contributed by atoms with Crippen LogP contribution in [0.1, 0.15) is 39.5 Å². The number of thiophene rings is 1. The number of halogens is 3. The van der Waals surface area contributed by atoms with E-state index in [1.807, 2.05) is 0 Å². The van der Waals surface area contributed by atoms with Crippen molar-refractivity contribution in [3.05, 3.63) is 61.0 Å². The number of aromatic nitrogens is 2. The first-order valence-corrected chi connectivity index (χ1v) is 9.48. The maximum Gasteiger partial charge on any atom is 0.340 e. The number of nitrogens with zero attached hydrogens (tertiary/aromatic N) is 1. The number of H-pyrrole nitrogens is 1. The number of rotatable bonds is 3. The lowest BCUT2D eigenvalue weighted by Gasteiger charge is -2.09. The molecule has 0 amide bonds. The number of carbonyl (C=O) groups is 1. The average Bonchev–Trinajstić information content (AvgIpc) is 3.01. The van der Waals surface area contributed by atoms with Gasteiger partial charge in [0.15, 0.2) is 11.6 Å². The second-order valence-electron chi connectivity index (χ2n) is 6.23. The summed E-state index contributed by atoms with van der Waals surface area (Å²) in [5.41, 5.74) is 0.494. The van der Waals surface area contributed by atoms with Gasteiger partial charge in [-0.2, -0.15) is 0 Å². The van der Waals surface area contributed by atoms with Gasteiger partial charge in [-0.1, -0.05) is 11.6 Å². The Balaban J connectivity index is 1.58. The van der Waals surface area contributed by atoms with Crippen LogP contribution >= 0.6 is 22.9 Å². The molecule has 27 heavy (non-hydrogen) atoms. The van der Waals surface area contributed by atoms with Crippen molar-refractivity contribution in [2.75, 3.05) is 0 Å². The first-order chi connectivity index (χ1) is 12.9. The van der Waals surface area contributed by atoms with Crippen molar-refractivity contribution >= 4 is 39.1 Å². The van der Waals surface area contributed by atoms with Gasteiger partial charge in [0.25, 0.3) is 5.56 Å². The van der Waals surface area contributed by atoms with Crippen LogP contribution in [0.25, 0.3) is 10.2 Å². The number of ether oxygens (including phenoxy) is 1. The summed E-state index contributed by atoms with van der Waals surface area (Å²) in [5, 5.41) is 0.343. The first kappa shape index (κ1) is 18.1. The molecule has 140 valence electrons. The molecule has 5 nitrogen and oxygen atoms in total. The van der Waals surface area contributed by atoms with E-state index in [4.69, 9.17) is 16.3 Å². The van der Waals surface area contributed by atoms with Crippen LogP contribution in [0.3, 0.4) is 0 Å². The Morgan fingerprint density at radius 1 is 1.26 bits per heavy atom. The van der Waals surface area contributed by atoms with Crippen molar-refractivity contribution in [1.82, 2.24) is 9.97 Å². The van der Waals surface area contributed by atoms with Crippen molar-refractivity contribution in [2.24, 2.45) is 0 Å². The van der Waals surface area contributed by atoms with Crippen LogP contribution in [0.4, 0.5) is 8.78 Å². The van der Waals surface area contributed by atoms with E-state index in [1.54, 1.807) is 0 Å². The summed E-state index contributed by atoms with van der Waals surface area (Å²) in [7, 11) is 0. The minimum absolute atomic E-state index is 0.179. The van der Waals surface area contributed by atoms with E-state index in [0.29, 0.717) is 22.3 Å². The summed E-state index contributed by atoms with van der Waals surface area (Å²) in [5.74, 6) is -3.12. The normalized spacial score (nSPS) is 13.6. The van der Waals surface area contributed by atoms with Crippen molar-refractivity contribution in [3.63, 3.8) is 0 Å². The van der Waals surface area contributed by atoms with E-state index < -0.39 is 17.6 Å². The predicted molar refractivity (Wildman–Crippen MR) is 97.4 cm³/mol. The SMILES string of the molecule is O=C(OCc1nc2sc3c(c2c(=O)[nH]1)CCCC3)c1cc(F)c(F)cc1Cl. The zero-order valence-electron chi connectivity index (χ0n) is 13.9. The molecule has 2 aromatic heterocycles. The number of nitrogens with one attached hydrogen (secondary N) is 1. The molecule has 0 aliphatic heterocycles. The Morgan fingerprint density at radius 2 is 2.00 bits per heavy atom. The van der Waals surface area contributed by atoms with Gasteiger partial charge >= 0.3 is 5.97 Å². The first-order valence-electron chi connectivity index (χ1n) is 8.29. The molecular weight excluding hydrogens is 398 g/mol. The number of hydrogen-bond donors (Lipinski definition) is 1. The Labute approximate surface area is 161 Å². The molecule has 9 heteroatoms. The Bertz CT molecular complexity index is 1130. The summed E-state index contributed by atoms with van der Waals surface area (Å²) < 4.78 is 31.5. The van der Waals surface area contributed by atoms with Gasteiger partial charge in [0.05, 0.1) is 16.0 Å². The van der Waals surface area contributed by atoms with Crippen molar-refractivity contribution in [3.8, 4) is 0 Å². The summed E-state index contributed by atoms with van der Waals surface area (Å²) >= 11 is 7.24. The second-order valence-corrected chi connectivity index (χ2v) is 7.72. The molecule has 1 aromatic carbocycles. The van der Waals surface area contributed by atoms with Crippen LogP contribution in [0.15, 0.2) is 16.9 Å². The van der Waals surface area contributed by atoms with Gasteiger partial charge in [0.2, 0.25) is 0 Å². The molecule has 1 N–H and O–H groups in total. The van der Waals surface area contributed by atoms with Gasteiger partial charge in [0.1, 0.15) is 17.3 Å². The second kappa shape index (κ2) is 7.01. The molecule has 0 bridgehead atoms. The van der Waals surface area contributed by atoms with Gasteiger partial charge in [-0.05, 0) is 43.4 Å². The number of carbonyl (C=O) groups excluding carboxylic acids is 1. The largest absolute Gasteiger partial charge is 0.454 e. The quantitative estimate of drug-likeness (QED) is 0.520. The highest BCUT2D eigenvalue weighted by molar-refractivity contribution is 7.18. The minimum atomic E-state index is -1.21. The van der Waals surface area contributed by atoms with E-state index in [9.17, 15) is 18.4 Å². The van der Waals surface area contributed by atoms with E-state index in [-0.39, 0.29) is 28.6 Å². The summed E-state index contributed by atoms with van der Waals surface area (Å²) in [4.78, 5) is 33.3. The Hall–Kier alpha value is -2.32. The minimum Gasteiger partial charge on any atom is -0.454 e. The third kappa shape index (κ3) is 3.35. The fourth-order valence-electron chi connectivity index (χ4n) is 3.17. The maximum absolute atomic E-state index is 13.3. The summed E-state index contributed by atoms with van der Waals surface area (Å²) in [6.45, 7) is -0.318. The van der Waals surface area contributed by atoms with Crippen LogP contribution in [-0.2, 0) is 24.2 Å². The number of aryl methyl sites for hydroxylation is 2. The van der Waals surface area contributed by atoms with Crippen LogP contribution in [0.2, 0.25) is 5.02 Å². The molecule has 0 fully saturated rings. The van der Waals surface area contributed by atoms with Crippen LogP contribution < -0.4 is 5.56 Å². The molecule has 0 saturated carbocycles. The van der Waals surface area contributed by atoms with E-state index >= 15 is 0 Å². The maximum atomic E-state index is 13.3. The average molecular weight is 411 g/mol. The monoisotopic (exact) mass is 410 g/mol. The lowest BCUT2D eigenvalue weighted by molar-refractivity contribution is 0.0462. The topological polar surface area (TPSA) is 72.0 Å². The number of aromatic amines is 1. The Kier molecular flexibility index (Phi) is 4.69. The van der Waals surface area contributed by atoms with Crippen molar-refractivity contribution in [2.45, 2.75) is 32.3 Å². The molecule has 0 spiro atoms. The molecule has 0 saturated heterocycles. The lowest BCUT2D eigenvalue weighted by Crippen LogP contribution is -2.15. The fraction of sp³-hybridized carbons (Fsp3) is 0.278. The van der Waals surface area contributed by atoms with Crippen LogP contribution in [0.5, 0.6) is 0 Å². The third-order valence-corrected chi connectivity index (χ3v) is 5.94. The van der Waals surface area contributed by atoms with Gasteiger partial charge in [-0.15, -0.1) is 11.3 Å². The molecule has 4 rings (SSSR count). The highest BCUT2D eigenvalue weighted by Crippen LogP contribution is 2.33. The van der Waals surface area contributed by atoms with Crippen LogP contribution in [0, 0.1) is 11.6 Å². The van der Waals surface area contributed by atoms with Gasteiger partial charge in [-0.25, -0.2) is 18.6 Å². The van der Waals surface area contributed by atoms with Gasteiger partial charge in [0, 0.05) is 4.88 Å². The van der Waals surface area contributed by atoms with Gasteiger partial charge < -0.3 is 9.72 Å². The predicted octanol–water partition coefficient (Wildman–Crippen LogP) is 4.15. The lowest BCUT2D eigenvalue weighted by atomic mass is 9.97. The van der Waals surface area contributed by atoms with E-state index in [2.05, 4.69) is 9.97 Å². The smallest absolute Gasteiger partial charge is 0.340 e. The molecule has 0 radical (unpaired) electrons. The third-order valence-electron chi connectivity index (χ3n) is 4.44. The van der Waals surface area contributed by atoms with Crippen molar-refractivity contribution < 1.29 is 18.3 Å². The zero-order chi connectivity index (χ0) is 19.1. The van der Waals surface area contributed by atoms with Crippen molar-refractivity contribution in [1.29, 1.82) is 0 Å². The molecular formula is C18H13ClF2N2O3S. The van der Waals surface area contributed by atoms with E-state index in [1.165, 1.54) is 16.2 Å². The number of benzene rings is 1. The number of fused-ring (bicyclic) bond motifs is 3. The van der Waals surface area contributed by atoms with E-state index in [0.717, 1.165) is 31.2 Å². The molecule has 0 unspecified atom stereocenters. The summed E-state index contributed by atoms with van der Waals surface area (Å²) in [6.07, 6.45) is 3.95. The molecule has 1 aliphatic rings.